The summed E-state index contributed by atoms with van der Waals surface area (Å²) in [5, 5.41) is 14.1. The number of rotatable bonds is 4. The maximum atomic E-state index is 4.92. The summed E-state index contributed by atoms with van der Waals surface area (Å²) in [4.78, 5) is 8.73. The van der Waals surface area contributed by atoms with Crippen LogP contribution in [-0.2, 0) is 20.1 Å². The number of aromatic nitrogens is 3. The highest BCUT2D eigenvalue weighted by Crippen LogP contribution is 2.36. The summed E-state index contributed by atoms with van der Waals surface area (Å²) in [6.07, 6.45) is 5.54. The fourth-order valence-electron chi connectivity index (χ4n) is 4.16. The molecule has 7 heteroatoms. The highest BCUT2D eigenvalue weighted by molar-refractivity contribution is 7.09. The Labute approximate surface area is 159 Å². The van der Waals surface area contributed by atoms with Crippen LogP contribution in [0.5, 0.6) is 0 Å². The van der Waals surface area contributed by atoms with Gasteiger partial charge in [-0.25, -0.2) is 4.99 Å². The second-order valence-electron chi connectivity index (χ2n) is 7.50. The van der Waals surface area contributed by atoms with E-state index in [2.05, 4.69) is 37.9 Å². The summed E-state index contributed by atoms with van der Waals surface area (Å²) < 4.78 is 2.02. The van der Waals surface area contributed by atoms with Crippen LogP contribution in [0.4, 0.5) is 0 Å². The largest absolute Gasteiger partial charge is 0.351 e. The van der Waals surface area contributed by atoms with E-state index in [4.69, 9.17) is 4.99 Å². The number of fused-ring (bicyclic) bond motifs is 1. The van der Waals surface area contributed by atoms with Crippen LogP contribution in [0.15, 0.2) is 22.5 Å². The standard InChI is InChI=1S/C19H28N6S/c1-14-22-23-18(24(14)2)11-21-19(20-10-17-8-5-9-26-17)25-12-15-6-3-4-7-16(15)13-25/h5,8-9,15-16H,3-4,6-7,10-13H2,1-2H3,(H,20,21). The Balaban J connectivity index is 1.49. The van der Waals surface area contributed by atoms with Gasteiger partial charge >= 0.3 is 0 Å². The number of thiophene rings is 1. The lowest BCUT2D eigenvalue weighted by atomic mass is 9.82. The van der Waals surface area contributed by atoms with Crippen molar-refractivity contribution in [3.8, 4) is 0 Å². The maximum absolute atomic E-state index is 4.92. The molecule has 2 aromatic rings. The number of guanidine groups is 1. The zero-order valence-electron chi connectivity index (χ0n) is 15.7. The van der Waals surface area contributed by atoms with Gasteiger partial charge in [-0.15, -0.1) is 21.5 Å². The molecule has 2 aliphatic rings. The molecule has 6 nitrogen and oxygen atoms in total. The van der Waals surface area contributed by atoms with Gasteiger partial charge in [0.2, 0.25) is 0 Å². The first-order chi connectivity index (χ1) is 12.7. The molecule has 1 aliphatic carbocycles. The van der Waals surface area contributed by atoms with E-state index in [1.54, 1.807) is 11.3 Å². The number of likely N-dealkylation sites (tertiary alicyclic amines) is 1. The summed E-state index contributed by atoms with van der Waals surface area (Å²) in [5.74, 6) is 4.54. The van der Waals surface area contributed by atoms with Gasteiger partial charge < -0.3 is 14.8 Å². The highest BCUT2D eigenvalue weighted by atomic mass is 32.1. The second kappa shape index (κ2) is 7.78. The van der Waals surface area contributed by atoms with E-state index in [0.717, 1.165) is 49.1 Å². The topological polar surface area (TPSA) is 58.3 Å². The van der Waals surface area contributed by atoms with Crippen LogP contribution in [0.2, 0.25) is 0 Å². The van der Waals surface area contributed by atoms with Gasteiger partial charge in [0.25, 0.3) is 0 Å². The van der Waals surface area contributed by atoms with Crippen molar-refractivity contribution in [2.45, 2.75) is 45.7 Å². The molecule has 1 saturated carbocycles. The van der Waals surface area contributed by atoms with Crippen molar-refractivity contribution < 1.29 is 0 Å². The molecule has 0 amide bonds. The first-order valence-electron chi connectivity index (χ1n) is 9.61. The third-order valence-corrected chi connectivity index (χ3v) is 6.71. The molecular formula is C19H28N6S. The Bertz CT molecular complexity index is 736. The molecule has 3 heterocycles. The van der Waals surface area contributed by atoms with Crippen LogP contribution in [0, 0.1) is 18.8 Å². The second-order valence-corrected chi connectivity index (χ2v) is 8.54. The Hall–Kier alpha value is -1.89. The molecule has 2 fully saturated rings. The molecule has 26 heavy (non-hydrogen) atoms. The smallest absolute Gasteiger partial charge is 0.194 e. The van der Waals surface area contributed by atoms with Crippen LogP contribution in [-0.4, -0.2) is 38.7 Å². The van der Waals surface area contributed by atoms with Crippen molar-refractivity contribution in [1.82, 2.24) is 25.0 Å². The molecule has 1 saturated heterocycles. The minimum absolute atomic E-state index is 0.565. The van der Waals surface area contributed by atoms with Crippen LogP contribution in [0.25, 0.3) is 0 Å². The van der Waals surface area contributed by atoms with E-state index in [1.165, 1.54) is 30.6 Å². The van der Waals surface area contributed by atoms with Gasteiger partial charge in [-0.3, -0.25) is 0 Å². The number of hydrogen-bond acceptors (Lipinski definition) is 4. The average Bonchev–Trinajstić information content (AvgIpc) is 3.37. The molecule has 0 bridgehead atoms. The van der Waals surface area contributed by atoms with E-state index in [9.17, 15) is 0 Å². The van der Waals surface area contributed by atoms with Gasteiger partial charge in [0.1, 0.15) is 12.4 Å². The molecule has 1 aliphatic heterocycles. The maximum Gasteiger partial charge on any atom is 0.194 e. The van der Waals surface area contributed by atoms with Gasteiger partial charge in [0, 0.05) is 25.0 Å². The minimum Gasteiger partial charge on any atom is -0.351 e. The number of nitrogens with one attached hydrogen (secondary N) is 1. The van der Waals surface area contributed by atoms with Crippen molar-refractivity contribution in [2.75, 3.05) is 13.1 Å². The Kier molecular flexibility index (Phi) is 5.24. The number of nitrogens with zero attached hydrogens (tertiary/aromatic N) is 5. The lowest BCUT2D eigenvalue weighted by Crippen LogP contribution is -2.40. The van der Waals surface area contributed by atoms with Crippen molar-refractivity contribution in [1.29, 1.82) is 0 Å². The number of aryl methyl sites for hydroxylation is 1. The summed E-state index contributed by atoms with van der Waals surface area (Å²) in [6.45, 7) is 5.65. The van der Waals surface area contributed by atoms with Crippen molar-refractivity contribution in [3.05, 3.63) is 34.0 Å². The molecular weight excluding hydrogens is 344 g/mol. The molecule has 2 aromatic heterocycles. The Morgan fingerprint density at radius 1 is 1.27 bits per heavy atom. The monoisotopic (exact) mass is 372 g/mol. The average molecular weight is 373 g/mol. The van der Waals surface area contributed by atoms with Crippen molar-refractivity contribution >= 4 is 17.3 Å². The predicted molar refractivity (Wildman–Crippen MR) is 105 cm³/mol. The van der Waals surface area contributed by atoms with Gasteiger partial charge in [0.15, 0.2) is 11.8 Å². The van der Waals surface area contributed by atoms with Gasteiger partial charge in [0.05, 0.1) is 6.54 Å². The fourth-order valence-corrected chi connectivity index (χ4v) is 4.80. The summed E-state index contributed by atoms with van der Waals surface area (Å²) >= 11 is 1.79. The number of aliphatic imine (C=N–C) groups is 1. The quantitative estimate of drug-likeness (QED) is 0.662. The van der Waals surface area contributed by atoms with E-state index in [1.807, 2.05) is 18.5 Å². The lowest BCUT2D eigenvalue weighted by molar-refractivity contribution is 0.299. The third kappa shape index (κ3) is 3.77. The van der Waals surface area contributed by atoms with Crippen molar-refractivity contribution in [2.24, 2.45) is 23.9 Å². The van der Waals surface area contributed by atoms with E-state index >= 15 is 0 Å². The Morgan fingerprint density at radius 2 is 2.04 bits per heavy atom. The molecule has 140 valence electrons. The zero-order valence-corrected chi connectivity index (χ0v) is 16.5. The molecule has 0 spiro atoms. The van der Waals surface area contributed by atoms with E-state index in [-0.39, 0.29) is 0 Å². The van der Waals surface area contributed by atoms with Crippen LogP contribution >= 0.6 is 11.3 Å². The minimum atomic E-state index is 0.565. The predicted octanol–water partition coefficient (Wildman–Crippen LogP) is 2.95. The summed E-state index contributed by atoms with van der Waals surface area (Å²) in [6, 6.07) is 4.27. The molecule has 2 unspecified atom stereocenters. The zero-order chi connectivity index (χ0) is 17.9. The fraction of sp³-hybridized carbons (Fsp3) is 0.632. The molecule has 1 N–H and O–H groups in total. The van der Waals surface area contributed by atoms with Crippen LogP contribution in [0.1, 0.15) is 42.2 Å². The van der Waals surface area contributed by atoms with Gasteiger partial charge in [-0.05, 0) is 43.0 Å². The van der Waals surface area contributed by atoms with Gasteiger partial charge in [-0.2, -0.15) is 0 Å². The lowest BCUT2D eigenvalue weighted by Gasteiger charge is -2.22. The normalized spacial score (nSPS) is 23.3. The molecule has 0 aromatic carbocycles. The highest BCUT2D eigenvalue weighted by Gasteiger charge is 2.35. The molecule has 0 radical (unpaired) electrons. The summed E-state index contributed by atoms with van der Waals surface area (Å²) in [5.41, 5.74) is 0. The van der Waals surface area contributed by atoms with Crippen LogP contribution in [0.3, 0.4) is 0 Å². The van der Waals surface area contributed by atoms with E-state index < -0.39 is 0 Å². The van der Waals surface area contributed by atoms with Gasteiger partial charge in [-0.1, -0.05) is 18.9 Å². The molecule has 4 rings (SSSR count). The first-order valence-corrected chi connectivity index (χ1v) is 10.5. The van der Waals surface area contributed by atoms with E-state index in [0.29, 0.717) is 6.54 Å². The number of hydrogen-bond donors (Lipinski definition) is 1. The summed E-state index contributed by atoms with van der Waals surface area (Å²) in [7, 11) is 2.00. The van der Waals surface area contributed by atoms with Crippen LogP contribution < -0.4 is 5.32 Å². The van der Waals surface area contributed by atoms with Crippen molar-refractivity contribution in [3.63, 3.8) is 0 Å². The Morgan fingerprint density at radius 3 is 2.65 bits per heavy atom. The third-order valence-electron chi connectivity index (χ3n) is 5.83. The first kappa shape index (κ1) is 17.5. The SMILES string of the molecule is Cc1nnc(CN=C(NCc2cccs2)N2CC3CCCCC3C2)n1C. The molecule has 2 atom stereocenters.